The molecule has 0 amide bonds. The second kappa shape index (κ2) is 6.49. The molecule has 0 atom stereocenters. The minimum Gasteiger partial charge on any atom is -0.140 e. The van der Waals surface area contributed by atoms with Crippen molar-refractivity contribution in [1.29, 1.82) is 0 Å². The SMILES string of the molecule is CC.CCc1ccc(-c2cccc(C)c2)s1. The first-order valence-electron chi connectivity index (χ1n) is 5.95. The van der Waals surface area contributed by atoms with Crippen molar-refractivity contribution in [2.24, 2.45) is 0 Å². The van der Waals surface area contributed by atoms with Crippen molar-refractivity contribution < 1.29 is 0 Å². The number of thiophene rings is 1. The van der Waals surface area contributed by atoms with Crippen LogP contribution in [-0.4, -0.2) is 0 Å². The minimum atomic E-state index is 1.14. The Hall–Kier alpha value is -1.08. The lowest BCUT2D eigenvalue weighted by Crippen LogP contribution is -1.73. The van der Waals surface area contributed by atoms with E-state index in [1.807, 2.05) is 25.2 Å². The Morgan fingerprint density at radius 3 is 2.38 bits per heavy atom. The van der Waals surface area contributed by atoms with Crippen LogP contribution in [0.15, 0.2) is 36.4 Å². The van der Waals surface area contributed by atoms with E-state index in [1.165, 1.54) is 20.9 Å². The Morgan fingerprint density at radius 2 is 1.81 bits per heavy atom. The van der Waals surface area contributed by atoms with Crippen molar-refractivity contribution in [2.75, 3.05) is 0 Å². The molecule has 1 aromatic heterocycles. The molecule has 0 bridgehead atoms. The van der Waals surface area contributed by atoms with E-state index in [0.29, 0.717) is 0 Å². The summed E-state index contributed by atoms with van der Waals surface area (Å²) in [6, 6.07) is 13.1. The predicted molar refractivity (Wildman–Crippen MR) is 75.2 cm³/mol. The zero-order valence-electron chi connectivity index (χ0n) is 10.6. The monoisotopic (exact) mass is 232 g/mol. The number of aryl methyl sites for hydroxylation is 2. The molecular formula is C15H20S. The van der Waals surface area contributed by atoms with E-state index >= 15 is 0 Å². The average molecular weight is 232 g/mol. The second-order valence-corrected chi connectivity index (χ2v) is 4.66. The molecule has 86 valence electrons. The summed E-state index contributed by atoms with van der Waals surface area (Å²) in [5.74, 6) is 0. The number of hydrogen-bond donors (Lipinski definition) is 0. The molecule has 1 aromatic carbocycles. The van der Waals surface area contributed by atoms with Crippen molar-refractivity contribution in [3.63, 3.8) is 0 Å². The summed E-state index contributed by atoms with van der Waals surface area (Å²) in [6.45, 7) is 8.34. The maximum Gasteiger partial charge on any atom is 0.0345 e. The lowest BCUT2D eigenvalue weighted by molar-refractivity contribution is 1.19. The van der Waals surface area contributed by atoms with Gasteiger partial charge in [-0.2, -0.15) is 0 Å². The lowest BCUT2D eigenvalue weighted by Gasteiger charge is -1.98. The highest BCUT2D eigenvalue weighted by atomic mass is 32.1. The number of rotatable bonds is 2. The van der Waals surface area contributed by atoms with Crippen LogP contribution in [0.5, 0.6) is 0 Å². The van der Waals surface area contributed by atoms with E-state index in [2.05, 4.69) is 50.2 Å². The third kappa shape index (κ3) is 3.21. The molecule has 0 aliphatic carbocycles. The van der Waals surface area contributed by atoms with Crippen molar-refractivity contribution in [2.45, 2.75) is 34.1 Å². The van der Waals surface area contributed by atoms with Gasteiger partial charge in [-0.3, -0.25) is 0 Å². The van der Waals surface area contributed by atoms with Crippen LogP contribution in [0, 0.1) is 6.92 Å². The normalized spacial score (nSPS) is 9.50. The lowest BCUT2D eigenvalue weighted by atomic mass is 10.1. The maximum absolute atomic E-state index is 2.24. The molecule has 2 rings (SSSR count). The molecule has 16 heavy (non-hydrogen) atoms. The summed E-state index contributed by atoms with van der Waals surface area (Å²) in [6.07, 6.45) is 1.14. The van der Waals surface area contributed by atoms with Gasteiger partial charge in [0.1, 0.15) is 0 Å². The van der Waals surface area contributed by atoms with Crippen LogP contribution >= 0.6 is 11.3 Å². The first-order chi connectivity index (χ1) is 7.79. The van der Waals surface area contributed by atoms with Gasteiger partial charge in [-0.1, -0.05) is 50.6 Å². The zero-order valence-corrected chi connectivity index (χ0v) is 11.4. The Labute approximate surface area is 103 Å². The smallest absolute Gasteiger partial charge is 0.0345 e. The van der Waals surface area contributed by atoms with Gasteiger partial charge in [0, 0.05) is 9.75 Å². The highest BCUT2D eigenvalue weighted by Gasteiger charge is 2.01. The molecule has 0 N–H and O–H groups in total. The fourth-order valence-corrected chi connectivity index (χ4v) is 2.47. The van der Waals surface area contributed by atoms with Gasteiger partial charge in [0.05, 0.1) is 0 Å². The second-order valence-electron chi connectivity index (χ2n) is 3.49. The summed E-state index contributed by atoms with van der Waals surface area (Å²) in [4.78, 5) is 2.84. The predicted octanol–water partition coefficient (Wildman–Crippen LogP) is 5.31. The van der Waals surface area contributed by atoms with E-state index in [0.717, 1.165) is 6.42 Å². The summed E-state index contributed by atoms with van der Waals surface area (Å²) in [5, 5.41) is 0. The fourth-order valence-electron chi connectivity index (χ4n) is 1.52. The molecule has 1 heterocycles. The van der Waals surface area contributed by atoms with Gasteiger partial charge in [-0.25, -0.2) is 0 Å². The van der Waals surface area contributed by atoms with Crippen LogP contribution in [-0.2, 0) is 6.42 Å². The van der Waals surface area contributed by atoms with Crippen LogP contribution in [0.3, 0.4) is 0 Å². The summed E-state index contributed by atoms with van der Waals surface area (Å²) in [7, 11) is 0. The van der Waals surface area contributed by atoms with Crippen LogP contribution in [0.25, 0.3) is 10.4 Å². The van der Waals surface area contributed by atoms with E-state index in [4.69, 9.17) is 0 Å². The Bertz CT molecular complexity index is 427. The molecular weight excluding hydrogens is 212 g/mol. The molecule has 0 saturated heterocycles. The summed E-state index contributed by atoms with van der Waals surface area (Å²) >= 11 is 1.89. The first kappa shape index (κ1) is 13.0. The van der Waals surface area contributed by atoms with Crippen LogP contribution in [0.2, 0.25) is 0 Å². The van der Waals surface area contributed by atoms with E-state index in [9.17, 15) is 0 Å². The zero-order chi connectivity index (χ0) is 12.0. The largest absolute Gasteiger partial charge is 0.140 e. The van der Waals surface area contributed by atoms with E-state index < -0.39 is 0 Å². The summed E-state index contributed by atoms with van der Waals surface area (Å²) < 4.78 is 0. The van der Waals surface area contributed by atoms with Crippen molar-refractivity contribution >= 4 is 11.3 Å². The van der Waals surface area contributed by atoms with E-state index in [-0.39, 0.29) is 0 Å². The van der Waals surface area contributed by atoms with Gasteiger partial charge in [0.25, 0.3) is 0 Å². The molecule has 0 aliphatic heterocycles. The van der Waals surface area contributed by atoms with Crippen LogP contribution < -0.4 is 0 Å². The third-order valence-electron chi connectivity index (χ3n) is 2.31. The molecule has 0 unspecified atom stereocenters. The van der Waals surface area contributed by atoms with Gasteiger partial charge in [-0.15, -0.1) is 11.3 Å². The molecule has 1 heteroatoms. The third-order valence-corrected chi connectivity index (χ3v) is 3.59. The Kier molecular flexibility index (Phi) is 5.27. The molecule has 0 spiro atoms. The minimum absolute atomic E-state index is 1.14. The van der Waals surface area contributed by atoms with Crippen LogP contribution in [0.4, 0.5) is 0 Å². The Morgan fingerprint density at radius 1 is 1.06 bits per heavy atom. The quantitative estimate of drug-likeness (QED) is 0.658. The maximum atomic E-state index is 2.24. The van der Waals surface area contributed by atoms with Gasteiger partial charge < -0.3 is 0 Å². The number of hydrogen-bond acceptors (Lipinski definition) is 1. The highest BCUT2D eigenvalue weighted by molar-refractivity contribution is 7.15. The molecule has 0 aliphatic rings. The van der Waals surface area contributed by atoms with Crippen LogP contribution in [0.1, 0.15) is 31.2 Å². The van der Waals surface area contributed by atoms with Gasteiger partial charge in [0.2, 0.25) is 0 Å². The standard InChI is InChI=1S/C13H14S.C2H6/c1-3-12-7-8-13(14-12)11-6-4-5-10(2)9-11;1-2/h4-9H,3H2,1-2H3;1-2H3. The van der Waals surface area contributed by atoms with Gasteiger partial charge in [-0.05, 0) is 31.0 Å². The molecule has 2 aromatic rings. The van der Waals surface area contributed by atoms with E-state index in [1.54, 1.807) is 0 Å². The summed E-state index contributed by atoms with van der Waals surface area (Å²) in [5.41, 5.74) is 2.67. The Balaban J connectivity index is 0.000000606. The first-order valence-corrected chi connectivity index (χ1v) is 6.77. The molecule has 0 nitrogen and oxygen atoms in total. The van der Waals surface area contributed by atoms with Crippen molar-refractivity contribution in [3.8, 4) is 10.4 Å². The fraction of sp³-hybridized carbons (Fsp3) is 0.333. The van der Waals surface area contributed by atoms with Gasteiger partial charge in [0.15, 0.2) is 0 Å². The van der Waals surface area contributed by atoms with Gasteiger partial charge >= 0.3 is 0 Å². The number of benzene rings is 1. The topological polar surface area (TPSA) is 0 Å². The average Bonchev–Trinajstić information content (AvgIpc) is 2.80. The molecule has 0 fully saturated rings. The molecule has 0 saturated carbocycles. The highest BCUT2D eigenvalue weighted by Crippen LogP contribution is 2.28. The van der Waals surface area contributed by atoms with Crippen molar-refractivity contribution in [3.05, 3.63) is 46.8 Å². The van der Waals surface area contributed by atoms with Crippen molar-refractivity contribution in [1.82, 2.24) is 0 Å². The molecule has 0 radical (unpaired) electrons.